The topological polar surface area (TPSA) is 12.0 Å². The molecule has 0 saturated heterocycles. The molecule has 0 fully saturated rings. The van der Waals surface area contributed by atoms with Gasteiger partial charge in [0, 0.05) is 0 Å². The molecule has 0 aliphatic carbocycles. The molecule has 5 heteroatoms. The summed E-state index contributed by atoms with van der Waals surface area (Å²) in [6, 6.07) is 5.61. The molecule has 0 unspecified atom stereocenters. The van der Waals surface area contributed by atoms with E-state index in [2.05, 4.69) is 45.8 Å². The second kappa shape index (κ2) is 6.63. The second-order valence-electron chi connectivity index (χ2n) is 6.60. The number of hydrogen-bond donors (Lipinski definition) is 1. The van der Waals surface area contributed by atoms with Crippen LogP contribution in [0.1, 0.15) is 47.1 Å². The predicted molar refractivity (Wildman–Crippen MR) is 86.1 cm³/mol. The van der Waals surface area contributed by atoms with Gasteiger partial charge in [0.2, 0.25) is 0 Å². The van der Waals surface area contributed by atoms with Crippen molar-refractivity contribution in [3.8, 4) is 0 Å². The zero-order chi connectivity index (χ0) is 16.4. The van der Waals surface area contributed by atoms with E-state index in [0.29, 0.717) is 19.9 Å². The Labute approximate surface area is 128 Å². The Morgan fingerprint density at radius 2 is 1.38 bits per heavy atom. The predicted octanol–water partition coefficient (Wildman–Crippen LogP) is 6.29. The molecule has 0 saturated carbocycles. The van der Waals surface area contributed by atoms with Crippen molar-refractivity contribution in [2.24, 2.45) is 0 Å². The zero-order valence-corrected chi connectivity index (χ0v) is 15.8. The van der Waals surface area contributed by atoms with Gasteiger partial charge in [0.25, 0.3) is 0 Å². The van der Waals surface area contributed by atoms with Crippen LogP contribution in [0.2, 0.25) is 14.3 Å². The SMILES string of the molecule is C[CH](C)[Ge]([NH]c1cccc(C(F)(F)F)c1)([CH](C)C)[CH](C)C. The van der Waals surface area contributed by atoms with Crippen LogP contribution in [0.3, 0.4) is 0 Å². The maximum atomic E-state index is 12.9. The quantitative estimate of drug-likeness (QED) is 0.607. The van der Waals surface area contributed by atoms with Crippen LogP contribution < -0.4 is 4.27 Å². The molecule has 1 rings (SSSR count). The van der Waals surface area contributed by atoms with Crippen LogP contribution in [-0.2, 0) is 6.18 Å². The summed E-state index contributed by atoms with van der Waals surface area (Å²) < 4.78 is 43.6. The van der Waals surface area contributed by atoms with Crippen LogP contribution >= 0.6 is 0 Å². The molecule has 0 spiro atoms. The minimum absolute atomic E-state index is 0.486. The number of anilines is 1. The summed E-state index contributed by atoms with van der Waals surface area (Å²) in [5.41, 5.74) is 0.0287. The van der Waals surface area contributed by atoms with E-state index in [1.165, 1.54) is 12.1 Å². The molecule has 1 aromatic carbocycles. The van der Waals surface area contributed by atoms with Gasteiger partial charge in [0.15, 0.2) is 0 Å². The standard InChI is InChI=1S/C16H26F3GeN/c1-11(2)20(12(3)4,13(5)6)21-15-9-7-8-14(10-15)16(17,18)19/h7-13,21H,1-6H3. The van der Waals surface area contributed by atoms with Crippen LogP contribution in [0.25, 0.3) is 0 Å². The van der Waals surface area contributed by atoms with Gasteiger partial charge in [-0.2, -0.15) is 0 Å². The first-order valence-electron chi connectivity index (χ1n) is 7.47. The summed E-state index contributed by atoms with van der Waals surface area (Å²) in [5, 5.41) is 0. The number of nitrogens with one attached hydrogen (secondary N) is 1. The molecule has 1 aromatic rings. The molecule has 0 heterocycles. The molecule has 0 aliphatic rings. The summed E-state index contributed by atoms with van der Waals surface area (Å²) >= 11 is -2.57. The fourth-order valence-corrected chi connectivity index (χ4v) is 15.0. The fraction of sp³-hybridized carbons (Fsp3) is 0.625. The Bertz CT molecular complexity index is 445. The van der Waals surface area contributed by atoms with E-state index in [4.69, 9.17) is 0 Å². The monoisotopic (exact) mass is 363 g/mol. The molecule has 1 nitrogen and oxygen atoms in total. The van der Waals surface area contributed by atoms with E-state index in [-0.39, 0.29) is 0 Å². The Morgan fingerprint density at radius 3 is 1.76 bits per heavy atom. The third-order valence-electron chi connectivity index (χ3n) is 4.42. The van der Waals surface area contributed by atoms with Crippen LogP contribution in [0.5, 0.6) is 0 Å². The van der Waals surface area contributed by atoms with Gasteiger partial charge in [0.1, 0.15) is 0 Å². The van der Waals surface area contributed by atoms with Gasteiger partial charge in [-0.15, -0.1) is 0 Å². The van der Waals surface area contributed by atoms with Crippen molar-refractivity contribution >= 4 is 19.2 Å². The molecule has 0 atom stereocenters. The number of alkyl halides is 3. The molecule has 0 bridgehead atoms. The summed E-state index contributed by atoms with van der Waals surface area (Å²) in [4.78, 5) is 0. The first-order valence-corrected chi connectivity index (χ1v) is 12.2. The van der Waals surface area contributed by atoms with Gasteiger partial charge >= 0.3 is 128 Å². The average molecular weight is 362 g/mol. The van der Waals surface area contributed by atoms with E-state index >= 15 is 0 Å². The van der Waals surface area contributed by atoms with Crippen molar-refractivity contribution in [1.29, 1.82) is 0 Å². The molecule has 0 amide bonds. The van der Waals surface area contributed by atoms with Crippen molar-refractivity contribution in [3.05, 3.63) is 29.8 Å². The Hall–Kier alpha value is -0.647. The average Bonchev–Trinajstić information content (AvgIpc) is 2.33. The molecule has 120 valence electrons. The molecule has 1 N–H and O–H groups in total. The van der Waals surface area contributed by atoms with Crippen molar-refractivity contribution < 1.29 is 13.2 Å². The van der Waals surface area contributed by atoms with Gasteiger partial charge in [-0.05, 0) is 0 Å². The molecule has 21 heavy (non-hydrogen) atoms. The van der Waals surface area contributed by atoms with E-state index in [1.54, 1.807) is 6.07 Å². The van der Waals surface area contributed by atoms with Crippen LogP contribution in [0.15, 0.2) is 24.3 Å². The van der Waals surface area contributed by atoms with E-state index in [0.717, 1.165) is 6.07 Å². The maximum absolute atomic E-state index is 12.9. The first kappa shape index (κ1) is 18.4. The van der Waals surface area contributed by atoms with Gasteiger partial charge in [-0.25, -0.2) is 0 Å². The molecule has 0 radical (unpaired) electrons. The molecular weight excluding hydrogens is 336 g/mol. The Morgan fingerprint density at radius 1 is 0.905 bits per heavy atom. The minimum atomic E-state index is -4.29. The first-order chi connectivity index (χ1) is 9.51. The Kier molecular flexibility index (Phi) is 5.81. The van der Waals surface area contributed by atoms with Crippen LogP contribution in [0.4, 0.5) is 18.9 Å². The summed E-state index contributed by atoms with van der Waals surface area (Å²) in [6.07, 6.45) is -4.29. The van der Waals surface area contributed by atoms with E-state index in [9.17, 15) is 13.2 Å². The Balaban J connectivity index is 3.22. The number of halogens is 3. The molecule has 0 aliphatic heterocycles. The van der Waals surface area contributed by atoms with Gasteiger partial charge < -0.3 is 0 Å². The molecular formula is C16H26F3GeN. The molecule has 0 aromatic heterocycles. The fourth-order valence-electron chi connectivity index (χ4n) is 3.46. The van der Waals surface area contributed by atoms with Gasteiger partial charge in [-0.1, -0.05) is 0 Å². The van der Waals surface area contributed by atoms with E-state index in [1.807, 2.05) is 0 Å². The number of hydrogen-bond acceptors (Lipinski definition) is 1. The normalized spacial score (nSPS) is 13.3. The number of rotatable bonds is 5. The summed E-state index contributed by atoms with van der Waals surface area (Å²) in [7, 11) is 0. The summed E-state index contributed by atoms with van der Waals surface area (Å²) in [5.74, 6) is 0. The second-order valence-corrected chi connectivity index (χ2v) is 18.3. The van der Waals surface area contributed by atoms with Crippen molar-refractivity contribution in [1.82, 2.24) is 0 Å². The van der Waals surface area contributed by atoms with Gasteiger partial charge in [-0.3, -0.25) is 0 Å². The number of benzene rings is 1. The third-order valence-corrected chi connectivity index (χ3v) is 18.0. The van der Waals surface area contributed by atoms with Crippen LogP contribution in [-0.4, -0.2) is 13.5 Å². The third kappa shape index (κ3) is 3.96. The van der Waals surface area contributed by atoms with Crippen molar-refractivity contribution in [2.45, 2.75) is 62.0 Å². The van der Waals surface area contributed by atoms with E-state index < -0.39 is 25.2 Å². The van der Waals surface area contributed by atoms with Crippen LogP contribution in [0, 0.1) is 0 Å². The summed E-state index contributed by atoms with van der Waals surface area (Å²) in [6.45, 7) is 13.2. The van der Waals surface area contributed by atoms with Crippen molar-refractivity contribution in [3.63, 3.8) is 0 Å². The van der Waals surface area contributed by atoms with Crippen molar-refractivity contribution in [2.75, 3.05) is 4.27 Å². The van der Waals surface area contributed by atoms with Gasteiger partial charge in [0.05, 0.1) is 0 Å². The zero-order valence-electron chi connectivity index (χ0n) is 13.7.